The fourth-order valence-corrected chi connectivity index (χ4v) is 8.42. The Balaban J connectivity index is 1.21. The highest BCUT2D eigenvalue weighted by Gasteiger charge is 2.89. The summed E-state index contributed by atoms with van der Waals surface area (Å²) in [6, 6.07) is 3.14. The van der Waals surface area contributed by atoms with Gasteiger partial charge in [-0.05, 0) is 81.8 Å². The number of rotatable bonds is 6. The average Bonchev–Trinajstić information content (AvgIpc) is 3.29. The number of carbonyl (C=O) groups excluding carboxylic acids is 2. The van der Waals surface area contributed by atoms with E-state index in [2.05, 4.69) is 99.6 Å². The largest absolute Gasteiger partial charge is 0.370 e. The van der Waals surface area contributed by atoms with Crippen molar-refractivity contribution in [3.8, 4) is 0 Å². The lowest BCUT2D eigenvalue weighted by atomic mass is 9.73. The average molecular weight is 810 g/mol. The highest BCUT2D eigenvalue weighted by Crippen LogP contribution is 2.70. The Kier molecular flexibility index (Phi) is 5.98. The highest BCUT2D eigenvalue weighted by atomic mass is 79.9. The molecule has 1 saturated carbocycles. The maximum Gasteiger partial charge on any atom is 0.267 e. The van der Waals surface area contributed by atoms with Crippen LogP contribution in [0.2, 0.25) is 0 Å². The number of nitrogens with one attached hydrogen (secondary N) is 5. The Morgan fingerprint density at radius 1 is 0.975 bits per heavy atom. The van der Waals surface area contributed by atoms with Gasteiger partial charge in [0.15, 0.2) is 23.9 Å². The molecule has 2 aromatic heterocycles. The first-order chi connectivity index (χ1) is 19.0. The second kappa shape index (κ2) is 8.94. The number of hydrogen-bond acceptors (Lipinski definition) is 10. The van der Waals surface area contributed by atoms with Crippen LogP contribution in [0.25, 0.3) is 0 Å². The number of nitrogens with two attached hydrogens (primary N) is 2. The minimum Gasteiger partial charge on any atom is -0.370 e. The van der Waals surface area contributed by atoms with Gasteiger partial charge in [-0.15, -0.1) is 0 Å². The molecule has 18 heteroatoms. The molecule has 212 valence electrons. The Bertz CT molecular complexity index is 1490. The molecule has 0 radical (unpaired) electrons. The van der Waals surface area contributed by atoms with E-state index in [0.717, 1.165) is 4.47 Å². The lowest BCUT2D eigenvalue weighted by molar-refractivity contribution is -0.225. The third-order valence-electron chi connectivity index (χ3n) is 8.50. The number of hydrogen-bond donors (Lipinski definition) is 8. The molecule has 7 rings (SSSR count). The van der Waals surface area contributed by atoms with Crippen LogP contribution in [0.1, 0.15) is 21.0 Å². The van der Waals surface area contributed by atoms with Crippen molar-refractivity contribution in [2.24, 2.45) is 39.2 Å². The van der Waals surface area contributed by atoms with Crippen molar-refractivity contribution in [1.82, 2.24) is 30.8 Å². The Labute approximate surface area is 260 Å². The van der Waals surface area contributed by atoms with E-state index >= 15 is 0 Å². The highest BCUT2D eigenvalue weighted by molar-refractivity contribution is 9.13. The van der Waals surface area contributed by atoms with E-state index in [1.165, 1.54) is 0 Å². The fraction of sp³-hybridized carbons (Fsp3) is 0.455. The molecule has 10 N–H and O–H groups in total. The second-order valence-electron chi connectivity index (χ2n) is 10.4. The standard InChI is InChI=1S/C22H22Br4N10O4/c23-7-1-9(31-13(7)25)15(37)29-3-5-6(4-30-16(38)10-2-8(24)14(26)32-10)12-21-11(5)22(39)18(33-19(27)35-22)40-17(21)34-20(28)36(12)21/h1-2,5-6,11-12,17-18,31-32,39H,3-4H2,(H2,28,34)(H,29,37)(H,30,38)(H3,27,33,35)/t5-,6-,11+,12-,17+,18-,21+,22-,36?/m1/s1. The molecule has 14 nitrogen and oxygen atoms in total. The topological polar surface area (TPSA) is 211 Å². The molecule has 4 aliphatic heterocycles. The minimum absolute atomic E-state index is 0.0492. The van der Waals surface area contributed by atoms with Crippen molar-refractivity contribution >= 4 is 87.5 Å². The Hall–Kier alpha value is -2.12. The molecule has 5 aliphatic rings. The van der Waals surface area contributed by atoms with Gasteiger partial charge in [-0.3, -0.25) is 9.59 Å². The van der Waals surface area contributed by atoms with Crippen LogP contribution in [0.3, 0.4) is 0 Å². The summed E-state index contributed by atoms with van der Waals surface area (Å²) >= 11 is 13.5. The number of H-pyrrole nitrogens is 2. The van der Waals surface area contributed by atoms with Gasteiger partial charge in [0, 0.05) is 24.9 Å². The summed E-state index contributed by atoms with van der Waals surface area (Å²) < 4.78 is 8.85. The van der Waals surface area contributed by atoms with Crippen LogP contribution in [0.5, 0.6) is 0 Å². The van der Waals surface area contributed by atoms with Gasteiger partial charge in [-0.1, -0.05) is 0 Å². The van der Waals surface area contributed by atoms with E-state index < -0.39 is 29.6 Å². The number of piperidine rings is 1. The van der Waals surface area contributed by atoms with Crippen LogP contribution < -0.4 is 27.4 Å². The summed E-state index contributed by atoms with van der Waals surface area (Å²) in [6.45, 7) is 0.428. The van der Waals surface area contributed by atoms with Crippen LogP contribution in [0, 0.1) is 17.8 Å². The third kappa shape index (κ3) is 3.55. The van der Waals surface area contributed by atoms with Gasteiger partial charge in [0.2, 0.25) is 6.23 Å². The summed E-state index contributed by atoms with van der Waals surface area (Å²) in [4.78, 5) is 42.8. The van der Waals surface area contributed by atoms with Crippen molar-refractivity contribution in [1.29, 1.82) is 0 Å². The van der Waals surface area contributed by atoms with Crippen molar-refractivity contribution in [2.45, 2.75) is 29.8 Å². The van der Waals surface area contributed by atoms with Crippen molar-refractivity contribution in [3.05, 3.63) is 41.7 Å². The number of aliphatic hydroxyl groups is 1. The minimum atomic E-state index is -1.67. The molecule has 3 fully saturated rings. The van der Waals surface area contributed by atoms with E-state index in [0.29, 0.717) is 31.0 Å². The number of amides is 2. The molecule has 2 aromatic rings. The van der Waals surface area contributed by atoms with Gasteiger partial charge in [0.05, 0.1) is 24.2 Å². The molecular weight excluding hydrogens is 788 g/mol. The first-order valence-corrected chi connectivity index (χ1v) is 15.4. The van der Waals surface area contributed by atoms with Gasteiger partial charge < -0.3 is 52.1 Å². The number of aromatic nitrogens is 2. The summed E-state index contributed by atoms with van der Waals surface area (Å²) in [5, 5.41) is 21.0. The van der Waals surface area contributed by atoms with Gasteiger partial charge >= 0.3 is 0 Å². The molecule has 0 bridgehead atoms. The van der Waals surface area contributed by atoms with Crippen molar-refractivity contribution in [3.63, 3.8) is 0 Å². The van der Waals surface area contributed by atoms with Crippen LogP contribution in [0.4, 0.5) is 0 Å². The van der Waals surface area contributed by atoms with Crippen LogP contribution in [-0.2, 0) is 4.74 Å². The Morgan fingerprint density at radius 2 is 1.55 bits per heavy atom. The van der Waals surface area contributed by atoms with Crippen molar-refractivity contribution in [2.75, 3.05) is 13.1 Å². The maximum absolute atomic E-state index is 13.1. The van der Waals surface area contributed by atoms with Crippen LogP contribution >= 0.6 is 63.7 Å². The maximum atomic E-state index is 13.1. The van der Waals surface area contributed by atoms with Gasteiger partial charge in [-0.25, -0.2) is 9.98 Å². The zero-order valence-electron chi connectivity index (χ0n) is 20.2. The predicted octanol–water partition coefficient (Wildman–Crippen LogP) is 0.455. The third-order valence-corrected chi connectivity index (χ3v) is 12.1. The van der Waals surface area contributed by atoms with E-state index in [1.54, 1.807) is 12.1 Å². The smallest absolute Gasteiger partial charge is 0.267 e. The monoisotopic (exact) mass is 806 g/mol. The first-order valence-electron chi connectivity index (χ1n) is 12.2. The van der Waals surface area contributed by atoms with E-state index in [1.807, 2.05) is 4.90 Å². The fourth-order valence-electron chi connectivity index (χ4n) is 7.11. The van der Waals surface area contributed by atoms with Gasteiger partial charge in [0.25, 0.3) is 11.8 Å². The summed E-state index contributed by atoms with van der Waals surface area (Å²) in [5.74, 6) is -1.42. The molecule has 1 spiro atoms. The number of ether oxygens (including phenoxy) is 1. The van der Waals surface area contributed by atoms with E-state index in [-0.39, 0.29) is 48.7 Å². The van der Waals surface area contributed by atoms with Crippen LogP contribution in [0.15, 0.2) is 40.3 Å². The zero-order valence-corrected chi connectivity index (χ0v) is 26.6. The summed E-state index contributed by atoms with van der Waals surface area (Å²) in [7, 11) is 0. The number of halogens is 4. The van der Waals surface area contributed by atoms with Crippen molar-refractivity contribution < 1.29 is 19.4 Å². The molecular formula is C22H22Br4N10O4. The molecule has 0 unspecified atom stereocenters. The second-order valence-corrected chi connectivity index (χ2v) is 13.7. The molecule has 2 amide bonds. The van der Waals surface area contributed by atoms with E-state index in [4.69, 9.17) is 16.2 Å². The van der Waals surface area contributed by atoms with Crippen LogP contribution in [-0.4, -0.2) is 86.6 Å². The quantitative estimate of drug-likeness (QED) is 0.192. The SMILES string of the molecule is NC1=N[C@@H]2O[C@@H]3N=C(N)N4[C@@H]5[C@H](CNC(=O)c6cc(Br)c(Br)[nH]6)[C@@H](CNC(=O)c6cc(Br)c(Br)[nH]6)[C@H]([C@]2(O)N1)[C@@]354. The predicted molar refractivity (Wildman–Crippen MR) is 156 cm³/mol. The van der Waals surface area contributed by atoms with E-state index in [9.17, 15) is 14.7 Å². The normalized spacial score (nSPS) is 36.3. The molecule has 8 atom stereocenters. The zero-order chi connectivity index (χ0) is 28.3. The number of guanidine groups is 2. The first kappa shape index (κ1) is 26.8. The summed E-state index contributed by atoms with van der Waals surface area (Å²) in [6.07, 6.45) is -1.70. The lowest BCUT2D eigenvalue weighted by Crippen LogP contribution is -2.69. The number of fused-ring (bicyclic) bond motifs is 3. The number of carbonyl (C=O) groups is 2. The molecule has 0 aromatic carbocycles. The van der Waals surface area contributed by atoms with Gasteiger partial charge in [-0.2, -0.15) is 0 Å². The molecule has 1 aliphatic carbocycles. The number of aromatic amines is 2. The van der Waals surface area contributed by atoms with Gasteiger partial charge in [0.1, 0.15) is 16.9 Å². The number of nitrogens with zero attached hydrogens (tertiary/aromatic N) is 3. The Morgan fingerprint density at radius 3 is 2.10 bits per heavy atom. The lowest BCUT2D eigenvalue weighted by Gasteiger charge is -2.48. The summed E-state index contributed by atoms with van der Waals surface area (Å²) in [5.41, 5.74) is 10.6. The number of aliphatic imine (C=N–C) groups is 2. The molecule has 2 saturated heterocycles. The molecule has 6 heterocycles. The molecule has 40 heavy (non-hydrogen) atoms.